The number of nitrogens with zero attached hydrogens (tertiary/aromatic N) is 2. The van der Waals surface area contributed by atoms with Crippen LogP contribution >= 0.6 is 0 Å². The maximum absolute atomic E-state index is 3.74. The van der Waals surface area contributed by atoms with Crippen molar-refractivity contribution in [3.05, 3.63) is 10.6 Å². The molecule has 0 unspecified atom stereocenters. The van der Waals surface area contributed by atoms with Crippen molar-refractivity contribution >= 4 is 0 Å². The summed E-state index contributed by atoms with van der Waals surface area (Å²) in [6, 6.07) is 0. The van der Waals surface area contributed by atoms with E-state index in [0.29, 0.717) is 0 Å². The first kappa shape index (κ1) is 16.8. The summed E-state index contributed by atoms with van der Waals surface area (Å²) in [5, 5.41) is 7.47. The number of hydrogen-bond acceptors (Lipinski definition) is 0. The fourth-order valence-electron chi connectivity index (χ4n) is 0. The molecule has 0 aliphatic carbocycles. The Kier molecular flexibility index (Phi) is 42.5. The minimum Gasteiger partial charge on any atom is -0.665 e. The molecule has 0 atom stereocenters. The summed E-state index contributed by atoms with van der Waals surface area (Å²) in [4.78, 5) is 0. The fourth-order valence-corrected chi connectivity index (χ4v) is 0. The van der Waals surface area contributed by atoms with Crippen molar-refractivity contribution in [2.45, 2.75) is 13.8 Å². The van der Waals surface area contributed by atoms with Crippen molar-refractivity contribution in [1.29, 1.82) is 0 Å². The van der Waals surface area contributed by atoms with Crippen molar-refractivity contribution in [2.75, 3.05) is 27.2 Å². The molecule has 1 radical (unpaired) electrons. The van der Waals surface area contributed by atoms with Crippen molar-refractivity contribution in [3.63, 3.8) is 0 Å². The maximum Gasteiger partial charge on any atom is 2.00 e. The van der Waals surface area contributed by atoms with Gasteiger partial charge in [0.15, 0.2) is 0 Å². The molecule has 9 heavy (non-hydrogen) atoms. The van der Waals surface area contributed by atoms with Crippen LogP contribution in [-0.2, 0) is 0 Å². The van der Waals surface area contributed by atoms with E-state index in [1.807, 2.05) is 13.8 Å². The molecular formula is C6H16EuN2. The van der Waals surface area contributed by atoms with Gasteiger partial charge < -0.3 is 10.6 Å². The van der Waals surface area contributed by atoms with Gasteiger partial charge in [-0.05, 0) is 0 Å². The summed E-state index contributed by atoms with van der Waals surface area (Å²) >= 11 is 0. The number of rotatable bonds is 2. The molecule has 0 aliphatic heterocycles. The molecular weight excluding hydrogens is 252 g/mol. The zero-order chi connectivity index (χ0) is 6.83. The monoisotopic (exact) mass is 269 g/mol. The van der Waals surface area contributed by atoms with E-state index in [9.17, 15) is 0 Å². The Bertz CT molecular complexity index is 19.0. The third-order valence-electron chi connectivity index (χ3n) is 0.632. The Morgan fingerprint density at radius 3 is 1.00 bits per heavy atom. The van der Waals surface area contributed by atoms with Crippen LogP contribution < -0.4 is 0 Å². The second-order valence-corrected chi connectivity index (χ2v) is 1.26. The molecule has 0 aromatic carbocycles. The first-order chi connectivity index (χ1) is 3.83. The van der Waals surface area contributed by atoms with E-state index in [1.54, 1.807) is 14.1 Å². The Morgan fingerprint density at radius 2 is 1.00 bits per heavy atom. The number of hydrogen-bond donors (Lipinski definition) is 0. The van der Waals surface area contributed by atoms with Gasteiger partial charge in [-0.25, -0.2) is 0 Å². The van der Waals surface area contributed by atoms with Crippen LogP contribution in [0.15, 0.2) is 0 Å². The first-order valence-corrected chi connectivity index (χ1v) is 2.94. The van der Waals surface area contributed by atoms with E-state index in [2.05, 4.69) is 10.6 Å². The molecule has 0 rings (SSSR count). The second kappa shape index (κ2) is 22.7. The zero-order valence-corrected chi connectivity index (χ0v) is 9.11. The molecule has 0 aromatic rings. The Hall–Kier alpha value is 1.50. The van der Waals surface area contributed by atoms with Crippen LogP contribution in [0.4, 0.5) is 0 Å². The van der Waals surface area contributed by atoms with Gasteiger partial charge in [0.05, 0.1) is 0 Å². The van der Waals surface area contributed by atoms with E-state index in [-0.39, 0.29) is 49.4 Å². The van der Waals surface area contributed by atoms with Crippen molar-refractivity contribution in [2.24, 2.45) is 0 Å². The standard InChI is InChI=1S/2C3H8N.Eu/c2*1-3-4-2;/h2*3H2,1-2H3;/q2*-1;+2. The van der Waals surface area contributed by atoms with Gasteiger partial charge in [-0.3, -0.25) is 0 Å². The van der Waals surface area contributed by atoms with E-state index in [1.165, 1.54) is 0 Å². The zero-order valence-electron chi connectivity index (χ0n) is 6.69. The molecule has 0 bridgehead atoms. The minimum absolute atomic E-state index is 0. The molecule has 3 heteroatoms. The van der Waals surface area contributed by atoms with Crippen LogP contribution in [0.5, 0.6) is 0 Å². The Balaban J connectivity index is -0.0000000720. The first-order valence-electron chi connectivity index (χ1n) is 2.94. The molecule has 0 N–H and O–H groups in total. The van der Waals surface area contributed by atoms with Gasteiger partial charge in [-0.1, -0.05) is 13.8 Å². The fraction of sp³-hybridized carbons (Fsp3) is 1.00. The quantitative estimate of drug-likeness (QED) is 0.733. The van der Waals surface area contributed by atoms with E-state index < -0.39 is 0 Å². The van der Waals surface area contributed by atoms with E-state index in [4.69, 9.17) is 0 Å². The van der Waals surface area contributed by atoms with Crippen LogP contribution in [0, 0.1) is 49.4 Å². The largest absolute Gasteiger partial charge is 2.00 e. The van der Waals surface area contributed by atoms with Crippen LogP contribution in [-0.4, -0.2) is 27.2 Å². The molecule has 57 valence electrons. The molecule has 2 nitrogen and oxygen atoms in total. The van der Waals surface area contributed by atoms with Gasteiger partial charge in [0.1, 0.15) is 0 Å². The van der Waals surface area contributed by atoms with Crippen molar-refractivity contribution in [3.8, 4) is 0 Å². The van der Waals surface area contributed by atoms with Crippen molar-refractivity contribution in [1.82, 2.24) is 0 Å². The second-order valence-electron chi connectivity index (χ2n) is 1.26. The predicted octanol–water partition coefficient (Wildman–Crippen LogP) is 2.02. The predicted molar refractivity (Wildman–Crippen MR) is 39.6 cm³/mol. The van der Waals surface area contributed by atoms with Gasteiger partial charge in [-0.2, -0.15) is 27.2 Å². The summed E-state index contributed by atoms with van der Waals surface area (Å²) in [5.74, 6) is 0. The van der Waals surface area contributed by atoms with Gasteiger partial charge in [0.2, 0.25) is 0 Å². The SMILES string of the molecule is CC[N-]C.CC[N-]C.[Eu+2]. The van der Waals surface area contributed by atoms with E-state index >= 15 is 0 Å². The molecule has 0 saturated carbocycles. The third kappa shape index (κ3) is 43.6. The van der Waals surface area contributed by atoms with Gasteiger partial charge >= 0.3 is 49.4 Å². The Labute approximate surface area is 99.7 Å². The molecule has 0 saturated heterocycles. The summed E-state index contributed by atoms with van der Waals surface area (Å²) < 4.78 is 0. The third-order valence-corrected chi connectivity index (χ3v) is 0.632. The molecule has 0 fully saturated rings. The van der Waals surface area contributed by atoms with Gasteiger partial charge in [-0.15, -0.1) is 0 Å². The normalized spacial score (nSPS) is 6.67. The minimum atomic E-state index is 0. The topological polar surface area (TPSA) is 28.2 Å². The van der Waals surface area contributed by atoms with Crippen LogP contribution in [0.3, 0.4) is 0 Å². The summed E-state index contributed by atoms with van der Waals surface area (Å²) in [7, 11) is 3.61. The average Bonchev–Trinajstić information content (AvgIpc) is 1.88. The molecule has 0 aromatic heterocycles. The average molecular weight is 268 g/mol. The summed E-state index contributed by atoms with van der Waals surface area (Å²) in [6.45, 7) is 5.92. The molecule has 0 amide bonds. The van der Waals surface area contributed by atoms with Gasteiger partial charge in [0, 0.05) is 0 Å². The van der Waals surface area contributed by atoms with E-state index in [0.717, 1.165) is 13.1 Å². The summed E-state index contributed by atoms with van der Waals surface area (Å²) in [6.07, 6.45) is 0. The summed E-state index contributed by atoms with van der Waals surface area (Å²) in [5.41, 5.74) is 0. The molecule has 0 spiro atoms. The molecule has 0 heterocycles. The van der Waals surface area contributed by atoms with Crippen LogP contribution in [0.1, 0.15) is 13.8 Å². The Morgan fingerprint density at radius 1 is 0.889 bits per heavy atom. The van der Waals surface area contributed by atoms with Crippen LogP contribution in [0.2, 0.25) is 0 Å². The van der Waals surface area contributed by atoms with Gasteiger partial charge in [0.25, 0.3) is 0 Å². The maximum atomic E-state index is 3.74. The van der Waals surface area contributed by atoms with Crippen LogP contribution in [0.25, 0.3) is 10.6 Å². The molecule has 0 aliphatic rings. The smallest absolute Gasteiger partial charge is 0.665 e. The van der Waals surface area contributed by atoms with Crippen molar-refractivity contribution < 1.29 is 49.4 Å².